The van der Waals surface area contributed by atoms with E-state index in [-0.39, 0.29) is 5.69 Å². The summed E-state index contributed by atoms with van der Waals surface area (Å²) in [5.74, 6) is -1.05. The molecular weight excluding hydrogens is 234 g/mol. The predicted octanol–water partition coefficient (Wildman–Crippen LogP) is 1.93. The highest BCUT2D eigenvalue weighted by Gasteiger charge is 2.15. The lowest BCUT2D eigenvalue weighted by Crippen LogP contribution is -1.99. The molecule has 1 aromatic carbocycles. The van der Waals surface area contributed by atoms with Crippen molar-refractivity contribution in [3.63, 3.8) is 0 Å². The molecule has 0 radical (unpaired) electrons. The van der Waals surface area contributed by atoms with Crippen molar-refractivity contribution in [2.45, 2.75) is 0 Å². The number of aryl methyl sites for hydroxylation is 1. The molecule has 0 bridgehead atoms. The second-order valence-corrected chi connectivity index (χ2v) is 3.89. The molecule has 6 nitrogen and oxygen atoms in total. The second-order valence-electron chi connectivity index (χ2n) is 3.89. The highest BCUT2D eigenvalue weighted by molar-refractivity contribution is 5.93. The first-order chi connectivity index (χ1) is 8.66. The van der Waals surface area contributed by atoms with Gasteiger partial charge in [-0.15, -0.1) is 0 Å². The standard InChI is InChI=1S/C12H9N3O3/c1-15-10(5-9(14-15)12(16)17)8-4-2-3-7-6-13-18-11(7)8/h2-6H,1H3,(H,16,17). The Hall–Kier alpha value is -2.63. The third-order valence-electron chi connectivity index (χ3n) is 2.76. The molecule has 0 aliphatic carbocycles. The molecular formula is C12H9N3O3. The Labute approximate surface area is 101 Å². The number of benzene rings is 1. The minimum absolute atomic E-state index is 0.00372. The maximum absolute atomic E-state index is 10.9. The number of hydrogen-bond acceptors (Lipinski definition) is 4. The maximum atomic E-state index is 10.9. The summed E-state index contributed by atoms with van der Waals surface area (Å²) in [4.78, 5) is 10.9. The summed E-state index contributed by atoms with van der Waals surface area (Å²) < 4.78 is 6.70. The Balaban J connectivity index is 2.26. The molecule has 6 heteroatoms. The van der Waals surface area contributed by atoms with Crippen LogP contribution in [0.25, 0.3) is 22.2 Å². The third-order valence-corrected chi connectivity index (χ3v) is 2.76. The van der Waals surface area contributed by atoms with Gasteiger partial charge >= 0.3 is 5.97 Å². The number of aromatic carboxylic acids is 1. The number of fused-ring (bicyclic) bond motifs is 1. The molecule has 90 valence electrons. The number of rotatable bonds is 2. The molecule has 0 aliphatic heterocycles. The van der Waals surface area contributed by atoms with Crippen LogP contribution in [-0.4, -0.2) is 26.0 Å². The number of carbonyl (C=O) groups is 1. The summed E-state index contributed by atoms with van der Waals surface area (Å²) in [5, 5.41) is 17.5. The SMILES string of the molecule is Cn1nc(C(=O)O)cc1-c1cccc2cnoc12. The van der Waals surface area contributed by atoms with Gasteiger partial charge in [0.1, 0.15) is 0 Å². The molecule has 0 atom stereocenters. The first-order valence-electron chi connectivity index (χ1n) is 5.28. The van der Waals surface area contributed by atoms with Crippen molar-refractivity contribution in [3.8, 4) is 11.3 Å². The number of aromatic nitrogens is 3. The summed E-state index contributed by atoms with van der Waals surface area (Å²) in [5.41, 5.74) is 2.07. The Kier molecular flexibility index (Phi) is 2.16. The topological polar surface area (TPSA) is 81.2 Å². The van der Waals surface area contributed by atoms with E-state index in [0.717, 1.165) is 10.9 Å². The first-order valence-corrected chi connectivity index (χ1v) is 5.28. The van der Waals surface area contributed by atoms with Crippen LogP contribution in [-0.2, 0) is 7.05 Å². The van der Waals surface area contributed by atoms with Crippen molar-refractivity contribution in [3.05, 3.63) is 36.2 Å². The van der Waals surface area contributed by atoms with Gasteiger partial charge in [-0.2, -0.15) is 5.10 Å². The Morgan fingerprint density at radius 1 is 1.44 bits per heavy atom. The monoisotopic (exact) mass is 243 g/mol. The van der Waals surface area contributed by atoms with Gasteiger partial charge in [-0.05, 0) is 18.2 Å². The molecule has 0 fully saturated rings. The largest absolute Gasteiger partial charge is 0.476 e. The molecule has 0 spiro atoms. The summed E-state index contributed by atoms with van der Waals surface area (Å²) in [6, 6.07) is 7.10. The lowest BCUT2D eigenvalue weighted by atomic mass is 10.1. The van der Waals surface area contributed by atoms with Crippen molar-refractivity contribution in [1.82, 2.24) is 14.9 Å². The maximum Gasteiger partial charge on any atom is 0.356 e. The zero-order valence-electron chi connectivity index (χ0n) is 9.49. The quantitative estimate of drug-likeness (QED) is 0.743. The molecule has 2 aromatic heterocycles. The Bertz CT molecular complexity index is 742. The molecule has 0 aliphatic rings. The summed E-state index contributed by atoms with van der Waals surface area (Å²) in [7, 11) is 1.69. The van der Waals surface area contributed by atoms with Gasteiger partial charge in [0.05, 0.1) is 11.9 Å². The van der Waals surface area contributed by atoms with E-state index in [1.165, 1.54) is 10.7 Å². The van der Waals surface area contributed by atoms with Gasteiger partial charge in [0.15, 0.2) is 11.3 Å². The van der Waals surface area contributed by atoms with Crippen molar-refractivity contribution >= 4 is 16.9 Å². The molecule has 0 amide bonds. The number of carboxylic acids is 1. The molecule has 18 heavy (non-hydrogen) atoms. The predicted molar refractivity (Wildman–Crippen MR) is 63.2 cm³/mol. The van der Waals surface area contributed by atoms with Crippen LogP contribution in [0.4, 0.5) is 0 Å². The van der Waals surface area contributed by atoms with E-state index in [9.17, 15) is 4.79 Å². The van der Waals surface area contributed by atoms with Crippen molar-refractivity contribution in [2.24, 2.45) is 7.05 Å². The number of carboxylic acid groups (broad SMARTS) is 1. The number of para-hydroxylation sites is 1. The minimum Gasteiger partial charge on any atom is -0.476 e. The summed E-state index contributed by atoms with van der Waals surface area (Å²) >= 11 is 0. The van der Waals surface area contributed by atoms with E-state index in [1.54, 1.807) is 13.2 Å². The first kappa shape index (κ1) is 10.5. The van der Waals surface area contributed by atoms with Gasteiger partial charge in [-0.25, -0.2) is 4.79 Å². The Morgan fingerprint density at radius 3 is 3.00 bits per heavy atom. The molecule has 0 saturated carbocycles. The van der Waals surface area contributed by atoms with Crippen LogP contribution in [0.15, 0.2) is 35.0 Å². The van der Waals surface area contributed by atoms with E-state index in [2.05, 4.69) is 10.3 Å². The molecule has 2 heterocycles. The van der Waals surface area contributed by atoms with Crippen LogP contribution in [0, 0.1) is 0 Å². The van der Waals surface area contributed by atoms with E-state index in [1.807, 2.05) is 18.2 Å². The van der Waals surface area contributed by atoms with Crippen LogP contribution >= 0.6 is 0 Å². The lowest BCUT2D eigenvalue weighted by Gasteiger charge is -2.01. The van der Waals surface area contributed by atoms with Crippen molar-refractivity contribution in [2.75, 3.05) is 0 Å². The highest BCUT2D eigenvalue weighted by Crippen LogP contribution is 2.28. The fourth-order valence-electron chi connectivity index (χ4n) is 1.92. The molecule has 0 unspecified atom stereocenters. The van der Waals surface area contributed by atoms with Gasteiger partial charge in [0.25, 0.3) is 0 Å². The Morgan fingerprint density at radius 2 is 2.28 bits per heavy atom. The van der Waals surface area contributed by atoms with Gasteiger partial charge in [-0.1, -0.05) is 11.2 Å². The van der Waals surface area contributed by atoms with Crippen molar-refractivity contribution < 1.29 is 14.4 Å². The number of hydrogen-bond donors (Lipinski definition) is 1. The average molecular weight is 243 g/mol. The fraction of sp³-hybridized carbons (Fsp3) is 0.0833. The highest BCUT2D eigenvalue weighted by atomic mass is 16.5. The summed E-state index contributed by atoms with van der Waals surface area (Å²) in [6.45, 7) is 0. The van der Waals surface area contributed by atoms with Gasteiger partial charge in [-0.3, -0.25) is 4.68 Å². The normalized spacial score (nSPS) is 10.9. The van der Waals surface area contributed by atoms with E-state index < -0.39 is 5.97 Å². The minimum atomic E-state index is -1.05. The molecule has 1 N–H and O–H groups in total. The zero-order chi connectivity index (χ0) is 12.7. The third kappa shape index (κ3) is 1.46. The van der Waals surface area contributed by atoms with Crippen LogP contribution in [0.5, 0.6) is 0 Å². The lowest BCUT2D eigenvalue weighted by molar-refractivity contribution is 0.0689. The summed E-state index contributed by atoms with van der Waals surface area (Å²) in [6.07, 6.45) is 1.62. The van der Waals surface area contributed by atoms with Crippen LogP contribution < -0.4 is 0 Å². The van der Waals surface area contributed by atoms with Crippen LogP contribution in [0.2, 0.25) is 0 Å². The van der Waals surface area contributed by atoms with Crippen LogP contribution in [0.1, 0.15) is 10.5 Å². The van der Waals surface area contributed by atoms with E-state index in [4.69, 9.17) is 9.63 Å². The second kappa shape index (κ2) is 3.69. The van der Waals surface area contributed by atoms with Gasteiger partial charge in [0.2, 0.25) is 0 Å². The molecule has 0 saturated heterocycles. The fourth-order valence-corrected chi connectivity index (χ4v) is 1.92. The van der Waals surface area contributed by atoms with Gasteiger partial charge in [0, 0.05) is 18.0 Å². The number of nitrogens with zero attached hydrogens (tertiary/aromatic N) is 3. The molecule has 3 aromatic rings. The van der Waals surface area contributed by atoms with Gasteiger partial charge < -0.3 is 9.63 Å². The van der Waals surface area contributed by atoms with Crippen LogP contribution in [0.3, 0.4) is 0 Å². The average Bonchev–Trinajstić information content (AvgIpc) is 2.94. The van der Waals surface area contributed by atoms with Crippen molar-refractivity contribution in [1.29, 1.82) is 0 Å². The smallest absolute Gasteiger partial charge is 0.356 e. The van der Waals surface area contributed by atoms with E-state index in [0.29, 0.717) is 11.3 Å². The molecule has 3 rings (SSSR count). The zero-order valence-corrected chi connectivity index (χ0v) is 9.49. The van der Waals surface area contributed by atoms with E-state index >= 15 is 0 Å².